The zero-order valence-corrected chi connectivity index (χ0v) is 17.5. The normalized spacial score (nSPS) is 17.6. The summed E-state index contributed by atoms with van der Waals surface area (Å²) in [5.41, 5.74) is 2.96. The van der Waals surface area contributed by atoms with Gasteiger partial charge in [0.25, 0.3) is 5.91 Å². The largest absolute Gasteiger partial charge is 0.378 e. The first-order chi connectivity index (χ1) is 14.0. The van der Waals surface area contributed by atoms with Gasteiger partial charge in [0.2, 0.25) is 0 Å². The highest BCUT2D eigenvalue weighted by atomic mass is 16.5. The standard InChI is InChI=1S/C22H29N5O2/c1-16-4-5-17(2)19(14-16)22(28)27-8-6-25(7-9-27)20-15-21(24-18(3)23-20)26-10-12-29-13-11-26/h4-5,14-15H,6-13H2,1-3H3. The zero-order chi connectivity index (χ0) is 20.4. The average Bonchev–Trinajstić information content (AvgIpc) is 2.75. The number of carbonyl (C=O) groups excluding carboxylic acids is 1. The molecule has 1 aromatic carbocycles. The van der Waals surface area contributed by atoms with E-state index in [2.05, 4.69) is 25.8 Å². The molecule has 0 aliphatic carbocycles. The third-order valence-electron chi connectivity index (χ3n) is 5.66. The smallest absolute Gasteiger partial charge is 0.254 e. The van der Waals surface area contributed by atoms with Crippen LogP contribution in [-0.2, 0) is 4.74 Å². The van der Waals surface area contributed by atoms with Gasteiger partial charge in [0.05, 0.1) is 13.2 Å². The lowest BCUT2D eigenvalue weighted by molar-refractivity contribution is 0.0745. The second kappa shape index (κ2) is 8.37. The molecule has 0 atom stereocenters. The van der Waals surface area contributed by atoms with Crippen molar-refractivity contribution in [2.24, 2.45) is 0 Å². The van der Waals surface area contributed by atoms with Gasteiger partial charge in [0.15, 0.2) is 0 Å². The SMILES string of the molecule is Cc1ccc(C)c(C(=O)N2CCN(c3cc(N4CCOCC4)nc(C)n3)CC2)c1. The van der Waals surface area contributed by atoms with Gasteiger partial charge >= 0.3 is 0 Å². The molecule has 2 fully saturated rings. The Morgan fingerprint density at radius 2 is 1.48 bits per heavy atom. The Kier molecular flexibility index (Phi) is 5.67. The molecule has 0 bridgehead atoms. The number of aromatic nitrogens is 2. The number of anilines is 2. The summed E-state index contributed by atoms with van der Waals surface area (Å²) in [6.07, 6.45) is 0. The number of aryl methyl sites for hydroxylation is 3. The molecule has 29 heavy (non-hydrogen) atoms. The van der Waals surface area contributed by atoms with Crippen LogP contribution in [0.15, 0.2) is 24.3 Å². The van der Waals surface area contributed by atoms with Crippen molar-refractivity contribution >= 4 is 17.5 Å². The first-order valence-electron chi connectivity index (χ1n) is 10.3. The van der Waals surface area contributed by atoms with Crippen molar-refractivity contribution in [1.29, 1.82) is 0 Å². The number of ether oxygens (including phenoxy) is 1. The highest BCUT2D eigenvalue weighted by molar-refractivity contribution is 5.96. The number of hydrogen-bond acceptors (Lipinski definition) is 6. The minimum Gasteiger partial charge on any atom is -0.378 e. The molecule has 0 unspecified atom stereocenters. The summed E-state index contributed by atoms with van der Waals surface area (Å²) in [5.74, 6) is 2.80. The van der Waals surface area contributed by atoms with E-state index in [1.54, 1.807) is 0 Å². The van der Waals surface area contributed by atoms with Crippen molar-refractivity contribution in [3.63, 3.8) is 0 Å². The van der Waals surface area contributed by atoms with Gasteiger partial charge in [-0.3, -0.25) is 4.79 Å². The van der Waals surface area contributed by atoms with Crippen molar-refractivity contribution < 1.29 is 9.53 Å². The minimum atomic E-state index is 0.124. The number of hydrogen-bond donors (Lipinski definition) is 0. The third kappa shape index (κ3) is 4.34. The maximum atomic E-state index is 13.0. The molecule has 2 aliphatic heterocycles. The van der Waals surface area contributed by atoms with Gasteiger partial charge in [0, 0.05) is 50.9 Å². The molecule has 0 N–H and O–H groups in total. The predicted octanol–water partition coefficient (Wildman–Crippen LogP) is 2.20. The van der Waals surface area contributed by atoms with E-state index in [1.807, 2.05) is 43.9 Å². The van der Waals surface area contributed by atoms with E-state index in [-0.39, 0.29) is 5.91 Å². The number of amides is 1. The van der Waals surface area contributed by atoms with E-state index in [0.717, 1.165) is 73.5 Å². The topological polar surface area (TPSA) is 61.8 Å². The Morgan fingerprint density at radius 1 is 0.862 bits per heavy atom. The molecular weight excluding hydrogens is 366 g/mol. The van der Waals surface area contributed by atoms with Crippen molar-refractivity contribution in [3.8, 4) is 0 Å². The van der Waals surface area contributed by atoms with Crippen molar-refractivity contribution in [2.45, 2.75) is 20.8 Å². The molecule has 3 heterocycles. The number of benzene rings is 1. The highest BCUT2D eigenvalue weighted by Gasteiger charge is 2.25. The van der Waals surface area contributed by atoms with E-state index in [9.17, 15) is 4.79 Å². The molecule has 7 nitrogen and oxygen atoms in total. The lowest BCUT2D eigenvalue weighted by Crippen LogP contribution is -2.49. The van der Waals surface area contributed by atoms with Crippen LogP contribution in [0, 0.1) is 20.8 Å². The molecule has 0 radical (unpaired) electrons. The summed E-state index contributed by atoms with van der Waals surface area (Å²) in [6.45, 7) is 12.1. The maximum Gasteiger partial charge on any atom is 0.254 e. The predicted molar refractivity (Wildman–Crippen MR) is 114 cm³/mol. The summed E-state index contributed by atoms with van der Waals surface area (Å²) in [4.78, 5) is 28.7. The van der Waals surface area contributed by atoms with Gasteiger partial charge in [0.1, 0.15) is 17.5 Å². The lowest BCUT2D eigenvalue weighted by atomic mass is 10.0. The molecule has 2 aromatic rings. The zero-order valence-electron chi connectivity index (χ0n) is 17.5. The number of morpholine rings is 1. The molecule has 4 rings (SSSR count). The fraction of sp³-hybridized carbons (Fsp3) is 0.500. The molecule has 7 heteroatoms. The van der Waals surface area contributed by atoms with E-state index < -0.39 is 0 Å². The quantitative estimate of drug-likeness (QED) is 0.794. The number of rotatable bonds is 3. The average molecular weight is 396 g/mol. The van der Waals surface area contributed by atoms with Crippen LogP contribution in [0.5, 0.6) is 0 Å². The van der Waals surface area contributed by atoms with E-state index in [1.165, 1.54) is 0 Å². The molecule has 1 amide bonds. The molecular formula is C22H29N5O2. The van der Waals surface area contributed by atoms with Crippen molar-refractivity contribution in [2.75, 3.05) is 62.3 Å². The summed E-state index contributed by atoms with van der Waals surface area (Å²) >= 11 is 0. The van der Waals surface area contributed by atoms with Crippen LogP contribution in [0.3, 0.4) is 0 Å². The van der Waals surface area contributed by atoms with E-state index in [0.29, 0.717) is 13.1 Å². The Morgan fingerprint density at radius 3 is 2.14 bits per heavy atom. The summed E-state index contributed by atoms with van der Waals surface area (Å²) in [5, 5.41) is 0. The molecule has 154 valence electrons. The first kappa shape index (κ1) is 19.6. The van der Waals surface area contributed by atoms with Gasteiger partial charge < -0.3 is 19.4 Å². The first-order valence-corrected chi connectivity index (χ1v) is 10.3. The second-order valence-corrected chi connectivity index (χ2v) is 7.83. The summed E-state index contributed by atoms with van der Waals surface area (Å²) in [7, 11) is 0. The Balaban J connectivity index is 1.45. The van der Waals surface area contributed by atoms with Crippen LogP contribution in [-0.4, -0.2) is 73.3 Å². The van der Waals surface area contributed by atoms with E-state index in [4.69, 9.17) is 4.74 Å². The summed E-state index contributed by atoms with van der Waals surface area (Å²) in [6, 6.07) is 8.14. The van der Waals surface area contributed by atoms with Crippen LogP contribution in [0.25, 0.3) is 0 Å². The fourth-order valence-electron chi connectivity index (χ4n) is 3.93. The Labute approximate surface area is 172 Å². The van der Waals surface area contributed by atoms with Gasteiger partial charge in [-0.25, -0.2) is 9.97 Å². The second-order valence-electron chi connectivity index (χ2n) is 7.83. The Hall–Kier alpha value is -2.67. The lowest BCUT2D eigenvalue weighted by Gasteiger charge is -2.36. The molecule has 0 saturated carbocycles. The molecule has 1 aromatic heterocycles. The van der Waals surface area contributed by atoms with Crippen LogP contribution in [0.4, 0.5) is 11.6 Å². The van der Waals surface area contributed by atoms with Crippen LogP contribution in [0.1, 0.15) is 27.3 Å². The van der Waals surface area contributed by atoms with Crippen LogP contribution >= 0.6 is 0 Å². The van der Waals surface area contributed by atoms with Gasteiger partial charge in [-0.05, 0) is 32.4 Å². The van der Waals surface area contributed by atoms with Crippen LogP contribution in [0.2, 0.25) is 0 Å². The van der Waals surface area contributed by atoms with Crippen molar-refractivity contribution in [3.05, 3.63) is 46.8 Å². The molecule has 2 saturated heterocycles. The summed E-state index contributed by atoms with van der Waals surface area (Å²) < 4.78 is 5.45. The number of carbonyl (C=O) groups is 1. The van der Waals surface area contributed by atoms with Crippen molar-refractivity contribution in [1.82, 2.24) is 14.9 Å². The van der Waals surface area contributed by atoms with Gasteiger partial charge in [-0.15, -0.1) is 0 Å². The Bertz CT molecular complexity index is 887. The number of nitrogens with zero attached hydrogens (tertiary/aromatic N) is 5. The molecule has 2 aliphatic rings. The van der Waals surface area contributed by atoms with Gasteiger partial charge in [-0.1, -0.05) is 17.7 Å². The number of piperazine rings is 1. The van der Waals surface area contributed by atoms with Gasteiger partial charge in [-0.2, -0.15) is 0 Å². The maximum absolute atomic E-state index is 13.0. The monoisotopic (exact) mass is 395 g/mol. The molecule has 0 spiro atoms. The highest BCUT2D eigenvalue weighted by Crippen LogP contribution is 2.22. The van der Waals surface area contributed by atoms with Crippen LogP contribution < -0.4 is 9.80 Å². The van der Waals surface area contributed by atoms with E-state index >= 15 is 0 Å². The third-order valence-corrected chi connectivity index (χ3v) is 5.66. The minimum absolute atomic E-state index is 0.124. The fourth-order valence-corrected chi connectivity index (χ4v) is 3.93.